The first-order valence-corrected chi connectivity index (χ1v) is 12.9. The molecule has 3 N–H and O–H groups in total. The molecule has 0 heterocycles. The number of aliphatic hydroxyl groups excluding tert-OH is 2. The highest BCUT2D eigenvalue weighted by atomic mass is 16.3. The minimum absolute atomic E-state index is 0.0917. The second-order valence-corrected chi connectivity index (χ2v) is 12.5. The van der Waals surface area contributed by atoms with Crippen molar-refractivity contribution in [3.63, 3.8) is 0 Å². The van der Waals surface area contributed by atoms with Gasteiger partial charge in [0.15, 0.2) is 0 Å². The third-order valence-corrected chi connectivity index (χ3v) is 10.8. The molecule has 0 saturated heterocycles. The third kappa shape index (κ3) is 3.49. The molecule has 4 rings (SSSR count). The van der Waals surface area contributed by atoms with Gasteiger partial charge in [0.2, 0.25) is 0 Å². The molecule has 3 nitrogen and oxygen atoms in total. The van der Waals surface area contributed by atoms with E-state index in [-0.39, 0.29) is 22.9 Å². The van der Waals surface area contributed by atoms with Crippen LogP contribution >= 0.6 is 0 Å². The molecule has 4 aliphatic carbocycles. The van der Waals surface area contributed by atoms with Crippen LogP contribution in [0.4, 0.5) is 0 Å². The predicted octanol–water partition coefficient (Wildman–Crippen LogP) is 5.50. The number of allylic oxidation sites excluding steroid dienone is 2. The summed E-state index contributed by atoms with van der Waals surface area (Å²) < 4.78 is 0. The van der Waals surface area contributed by atoms with Gasteiger partial charge in [-0.1, -0.05) is 65.3 Å². The maximum absolute atomic E-state index is 12.2. The number of rotatable bonds is 4. The number of hydrogen-bond acceptors (Lipinski definition) is 3. The van der Waals surface area contributed by atoms with Crippen LogP contribution in [-0.2, 0) is 0 Å². The Morgan fingerprint density at radius 3 is 2.35 bits per heavy atom. The van der Waals surface area contributed by atoms with E-state index in [0.717, 1.165) is 37.7 Å². The molecule has 0 aromatic rings. The van der Waals surface area contributed by atoms with Crippen LogP contribution in [0.3, 0.4) is 0 Å². The fourth-order valence-electron chi connectivity index (χ4n) is 8.20. The maximum atomic E-state index is 12.2. The Balaban J connectivity index is 1.62. The topological polar surface area (TPSA) is 60.7 Å². The van der Waals surface area contributed by atoms with Crippen molar-refractivity contribution in [2.24, 2.45) is 46.3 Å². The van der Waals surface area contributed by atoms with Crippen molar-refractivity contribution >= 4 is 0 Å². The molecule has 0 bridgehead atoms. The Bertz CT molecular complexity index is 741. The Kier molecular flexibility index (Phi) is 6.06. The van der Waals surface area contributed by atoms with E-state index in [1.54, 1.807) is 0 Å². The summed E-state index contributed by atoms with van der Waals surface area (Å²) in [6.07, 6.45) is 12.2. The van der Waals surface area contributed by atoms with Gasteiger partial charge in [0.1, 0.15) is 0 Å². The number of hydrogen-bond donors (Lipinski definition) is 3. The monoisotopic (exact) mass is 430 g/mol. The van der Waals surface area contributed by atoms with Gasteiger partial charge >= 0.3 is 0 Å². The molecular weight excluding hydrogens is 384 g/mol. The summed E-state index contributed by atoms with van der Waals surface area (Å²) in [6, 6.07) is 0. The molecule has 3 fully saturated rings. The van der Waals surface area contributed by atoms with E-state index in [9.17, 15) is 15.3 Å². The molecule has 3 heteroatoms. The van der Waals surface area contributed by atoms with Gasteiger partial charge in [-0.15, -0.1) is 0 Å². The fraction of sp³-hybridized carbons (Fsp3) is 0.857. The lowest BCUT2D eigenvalue weighted by Gasteiger charge is -2.63. The Morgan fingerprint density at radius 2 is 1.68 bits per heavy atom. The number of fused-ring (bicyclic) bond motifs is 5. The Labute approximate surface area is 190 Å². The highest BCUT2D eigenvalue weighted by Gasteiger charge is 2.67. The van der Waals surface area contributed by atoms with Crippen LogP contribution in [0.25, 0.3) is 0 Å². The van der Waals surface area contributed by atoms with Crippen LogP contribution in [0.1, 0.15) is 86.5 Å². The standard InChI is InChI=1S/C28H46O3/c1-17(2)18(3)7-8-19(4)22-9-10-23-25-24(30)16-20-15-21(29)11-12-27(20,6)28(25,31)14-13-26(22,23)5/h7-8,16-19,21-25,29-31H,9-15H2,1-6H3/b8-7+/t18?,19-,21+,22-,23+,24+,25-,26-,27+,28-/m1/s1. The van der Waals surface area contributed by atoms with Crippen LogP contribution < -0.4 is 0 Å². The predicted molar refractivity (Wildman–Crippen MR) is 126 cm³/mol. The average molecular weight is 431 g/mol. The van der Waals surface area contributed by atoms with Gasteiger partial charge < -0.3 is 15.3 Å². The van der Waals surface area contributed by atoms with Crippen molar-refractivity contribution in [3.8, 4) is 0 Å². The highest BCUT2D eigenvalue weighted by molar-refractivity contribution is 5.33. The van der Waals surface area contributed by atoms with Gasteiger partial charge in [-0.2, -0.15) is 0 Å². The lowest BCUT2D eigenvalue weighted by Crippen LogP contribution is -2.66. The zero-order chi connectivity index (χ0) is 22.8. The lowest BCUT2D eigenvalue weighted by molar-refractivity contribution is -0.212. The van der Waals surface area contributed by atoms with Crippen LogP contribution in [-0.4, -0.2) is 33.1 Å². The van der Waals surface area contributed by atoms with Crippen molar-refractivity contribution in [3.05, 3.63) is 23.8 Å². The van der Waals surface area contributed by atoms with Crippen molar-refractivity contribution in [2.75, 3.05) is 0 Å². The van der Waals surface area contributed by atoms with E-state index in [1.165, 1.54) is 6.42 Å². The average Bonchev–Trinajstić information content (AvgIpc) is 3.05. The first-order chi connectivity index (χ1) is 14.4. The van der Waals surface area contributed by atoms with E-state index < -0.39 is 11.7 Å². The van der Waals surface area contributed by atoms with Gasteiger partial charge in [-0.3, -0.25) is 0 Å². The molecule has 0 spiro atoms. The summed E-state index contributed by atoms with van der Waals surface area (Å²) in [5.41, 5.74) is 0.0856. The minimum Gasteiger partial charge on any atom is -0.393 e. The van der Waals surface area contributed by atoms with Gasteiger partial charge in [-0.25, -0.2) is 0 Å². The summed E-state index contributed by atoms with van der Waals surface area (Å²) >= 11 is 0. The summed E-state index contributed by atoms with van der Waals surface area (Å²) in [5, 5.41) is 33.8. The van der Waals surface area contributed by atoms with E-state index in [0.29, 0.717) is 36.0 Å². The van der Waals surface area contributed by atoms with Crippen molar-refractivity contribution < 1.29 is 15.3 Å². The van der Waals surface area contributed by atoms with Gasteiger partial charge in [0.05, 0.1) is 17.8 Å². The van der Waals surface area contributed by atoms with Crippen LogP contribution in [0, 0.1) is 46.3 Å². The molecule has 0 aliphatic heterocycles. The molecule has 0 radical (unpaired) electrons. The van der Waals surface area contributed by atoms with Crippen LogP contribution in [0.15, 0.2) is 23.8 Å². The molecule has 0 aromatic heterocycles. The summed E-state index contributed by atoms with van der Waals surface area (Å²) in [4.78, 5) is 0. The second-order valence-electron chi connectivity index (χ2n) is 12.5. The van der Waals surface area contributed by atoms with E-state index in [2.05, 4.69) is 53.7 Å². The Morgan fingerprint density at radius 1 is 0.968 bits per heavy atom. The van der Waals surface area contributed by atoms with Crippen molar-refractivity contribution in [1.29, 1.82) is 0 Å². The second kappa shape index (κ2) is 7.99. The van der Waals surface area contributed by atoms with Crippen molar-refractivity contribution in [1.82, 2.24) is 0 Å². The quantitative estimate of drug-likeness (QED) is 0.516. The van der Waals surface area contributed by atoms with Gasteiger partial charge in [0, 0.05) is 11.3 Å². The van der Waals surface area contributed by atoms with E-state index >= 15 is 0 Å². The molecule has 4 aliphatic rings. The minimum atomic E-state index is -0.860. The molecular formula is C28H46O3. The molecule has 10 atom stereocenters. The molecule has 3 saturated carbocycles. The Hall–Kier alpha value is -0.640. The van der Waals surface area contributed by atoms with Gasteiger partial charge in [-0.05, 0) is 80.0 Å². The van der Waals surface area contributed by atoms with E-state index in [1.807, 2.05) is 6.08 Å². The first-order valence-electron chi connectivity index (χ1n) is 12.9. The smallest absolute Gasteiger partial charge is 0.0796 e. The SMILES string of the molecule is CC(C)C(C)/C=C/[C@@H](C)[C@H]1CC[C@H]2[C@@H]3[C@@H](O)C=C4C[C@@H](O)CC[C@]4(C)[C@@]3(O)CC[C@]12C. The van der Waals surface area contributed by atoms with E-state index in [4.69, 9.17) is 0 Å². The largest absolute Gasteiger partial charge is 0.393 e. The van der Waals surface area contributed by atoms with Crippen molar-refractivity contribution in [2.45, 2.75) is 104 Å². The highest BCUT2D eigenvalue weighted by Crippen LogP contribution is 2.68. The summed E-state index contributed by atoms with van der Waals surface area (Å²) in [6.45, 7) is 13.9. The number of aliphatic hydroxyl groups is 3. The third-order valence-electron chi connectivity index (χ3n) is 10.8. The van der Waals surface area contributed by atoms with Crippen LogP contribution in [0.2, 0.25) is 0 Å². The van der Waals surface area contributed by atoms with Crippen LogP contribution in [0.5, 0.6) is 0 Å². The molecule has 0 amide bonds. The van der Waals surface area contributed by atoms with Gasteiger partial charge in [0.25, 0.3) is 0 Å². The zero-order valence-electron chi connectivity index (χ0n) is 20.6. The fourth-order valence-corrected chi connectivity index (χ4v) is 8.20. The maximum Gasteiger partial charge on any atom is 0.0796 e. The molecule has 0 aromatic carbocycles. The molecule has 1 unspecified atom stereocenters. The zero-order valence-corrected chi connectivity index (χ0v) is 20.6. The summed E-state index contributed by atoms with van der Waals surface area (Å²) in [7, 11) is 0. The molecule has 176 valence electrons. The molecule has 31 heavy (non-hydrogen) atoms. The normalized spacial score (nSPS) is 49.4. The lowest BCUT2D eigenvalue weighted by atomic mass is 9.44. The first kappa shape index (κ1) is 23.5. The summed E-state index contributed by atoms with van der Waals surface area (Å²) in [5.74, 6) is 2.64.